The van der Waals surface area contributed by atoms with Gasteiger partial charge in [-0.05, 0) is 25.5 Å². The lowest BCUT2D eigenvalue weighted by Crippen LogP contribution is -2.37. The van der Waals surface area contributed by atoms with Crippen molar-refractivity contribution in [2.24, 2.45) is 13.0 Å². The van der Waals surface area contributed by atoms with Gasteiger partial charge in [-0.25, -0.2) is 9.97 Å². The third-order valence-electron chi connectivity index (χ3n) is 4.24. The summed E-state index contributed by atoms with van der Waals surface area (Å²) in [5.74, 6) is 1.03. The van der Waals surface area contributed by atoms with Crippen molar-refractivity contribution in [1.82, 2.24) is 19.4 Å². The Hall–Kier alpha value is -2.39. The van der Waals surface area contributed by atoms with Gasteiger partial charge in [-0.2, -0.15) is 5.26 Å². The molecule has 2 aromatic rings. The summed E-state index contributed by atoms with van der Waals surface area (Å²) in [7, 11) is 2.03. The van der Waals surface area contributed by atoms with E-state index in [-0.39, 0.29) is 0 Å². The van der Waals surface area contributed by atoms with Gasteiger partial charge in [-0.15, -0.1) is 0 Å². The molecule has 120 valence electrons. The number of nitrogens with zero attached hydrogens (tertiary/aromatic N) is 5. The first kappa shape index (κ1) is 15.5. The smallest absolute Gasteiger partial charge is 0.214 e. The van der Waals surface area contributed by atoms with Crippen molar-refractivity contribution < 1.29 is 4.74 Å². The molecule has 23 heavy (non-hydrogen) atoms. The fourth-order valence-corrected chi connectivity index (χ4v) is 2.96. The van der Waals surface area contributed by atoms with Crippen LogP contribution in [0, 0.1) is 17.2 Å². The molecule has 1 aliphatic rings. The highest BCUT2D eigenvalue weighted by atomic mass is 16.5. The number of pyridine rings is 1. The van der Waals surface area contributed by atoms with Crippen LogP contribution in [0.1, 0.15) is 24.1 Å². The van der Waals surface area contributed by atoms with Gasteiger partial charge in [0.25, 0.3) is 0 Å². The van der Waals surface area contributed by atoms with Crippen LogP contribution in [-0.2, 0) is 13.6 Å². The van der Waals surface area contributed by atoms with Gasteiger partial charge in [-0.3, -0.25) is 4.90 Å². The highest BCUT2D eigenvalue weighted by Gasteiger charge is 2.21. The summed E-state index contributed by atoms with van der Waals surface area (Å²) in [5.41, 5.74) is 1.81. The Morgan fingerprint density at radius 1 is 1.48 bits per heavy atom. The summed E-state index contributed by atoms with van der Waals surface area (Å²) in [6.45, 7) is 3.70. The molecule has 3 rings (SSSR count). The van der Waals surface area contributed by atoms with Crippen LogP contribution in [0.25, 0.3) is 0 Å². The molecule has 1 aliphatic heterocycles. The average Bonchev–Trinajstić information content (AvgIpc) is 2.98. The fourth-order valence-electron chi connectivity index (χ4n) is 2.96. The van der Waals surface area contributed by atoms with Crippen molar-refractivity contribution in [2.45, 2.75) is 19.4 Å². The Morgan fingerprint density at radius 2 is 2.39 bits per heavy atom. The maximum Gasteiger partial charge on any atom is 0.214 e. The van der Waals surface area contributed by atoms with Crippen molar-refractivity contribution in [3.63, 3.8) is 0 Å². The molecule has 0 aromatic carbocycles. The number of imidazole rings is 1. The third-order valence-corrected chi connectivity index (χ3v) is 4.24. The molecule has 0 spiro atoms. The maximum atomic E-state index is 8.91. The Bertz CT molecular complexity index is 690. The quantitative estimate of drug-likeness (QED) is 0.844. The molecular weight excluding hydrogens is 290 g/mol. The molecule has 0 radical (unpaired) electrons. The lowest BCUT2D eigenvalue weighted by molar-refractivity contribution is 0.121. The molecule has 6 heteroatoms. The van der Waals surface area contributed by atoms with Crippen molar-refractivity contribution in [3.8, 4) is 11.9 Å². The van der Waals surface area contributed by atoms with Gasteiger partial charge < -0.3 is 9.30 Å². The van der Waals surface area contributed by atoms with E-state index in [1.165, 1.54) is 18.5 Å². The first-order chi connectivity index (χ1) is 11.2. The molecule has 1 atom stereocenters. The molecule has 6 nitrogen and oxygen atoms in total. The van der Waals surface area contributed by atoms with E-state index < -0.39 is 0 Å². The summed E-state index contributed by atoms with van der Waals surface area (Å²) in [4.78, 5) is 10.8. The molecule has 0 amide bonds. The molecule has 1 fully saturated rings. The van der Waals surface area contributed by atoms with Gasteiger partial charge in [0.05, 0.1) is 30.3 Å². The Labute approximate surface area is 136 Å². The van der Waals surface area contributed by atoms with Crippen LogP contribution in [0.5, 0.6) is 5.88 Å². The predicted molar refractivity (Wildman–Crippen MR) is 85.7 cm³/mol. The molecule has 1 unspecified atom stereocenters. The maximum absolute atomic E-state index is 8.91. The Kier molecular flexibility index (Phi) is 4.89. The molecule has 3 heterocycles. The number of hydrogen-bond donors (Lipinski definition) is 0. The lowest BCUT2D eigenvalue weighted by Gasteiger charge is -2.32. The second kappa shape index (κ2) is 7.25. The van der Waals surface area contributed by atoms with Gasteiger partial charge >= 0.3 is 0 Å². The molecule has 0 aliphatic carbocycles. The van der Waals surface area contributed by atoms with E-state index in [9.17, 15) is 0 Å². The van der Waals surface area contributed by atoms with Gasteiger partial charge in [-0.1, -0.05) is 0 Å². The van der Waals surface area contributed by atoms with Crippen molar-refractivity contribution in [3.05, 3.63) is 42.1 Å². The Balaban J connectivity index is 1.52. The Morgan fingerprint density at radius 3 is 3.17 bits per heavy atom. The largest absolute Gasteiger partial charge is 0.477 e. The number of rotatable bonds is 5. The molecule has 1 saturated heterocycles. The van der Waals surface area contributed by atoms with Crippen molar-refractivity contribution in [1.29, 1.82) is 5.26 Å². The van der Waals surface area contributed by atoms with E-state index >= 15 is 0 Å². The molecule has 0 saturated carbocycles. The first-order valence-corrected chi connectivity index (χ1v) is 7.91. The first-order valence-electron chi connectivity index (χ1n) is 7.91. The van der Waals surface area contributed by atoms with E-state index in [0.29, 0.717) is 24.0 Å². The highest BCUT2D eigenvalue weighted by molar-refractivity contribution is 5.31. The average molecular weight is 311 g/mol. The monoisotopic (exact) mass is 311 g/mol. The number of aryl methyl sites for hydroxylation is 1. The zero-order valence-corrected chi connectivity index (χ0v) is 13.4. The SMILES string of the molecule is Cn1cncc1CN1CCCC(COc2cc(C#N)ccn2)C1. The topological polar surface area (TPSA) is 67.0 Å². The zero-order valence-electron chi connectivity index (χ0n) is 13.4. The standard InChI is InChI=1S/C17H21N5O/c1-21-13-19-9-16(21)11-22-6-2-3-15(10-22)12-23-17-7-14(8-18)4-5-20-17/h4-5,7,9,13,15H,2-3,6,10-12H2,1H3. The number of likely N-dealkylation sites (tertiary alicyclic amines) is 1. The van der Waals surface area contributed by atoms with E-state index in [2.05, 4.69) is 25.5 Å². The minimum absolute atomic E-state index is 0.490. The highest BCUT2D eigenvalue weighted by Crippen LogP contribution is 2.20. The predicted octanol–water partition coefficient (Wildman–Crippen LogP) is 1.98. The zero-order chi connectivity index (χ0) is 16.1. The summed E-state index contributed by atoms with van der Waals surface area (Å²) < 4.78 is 7.86. The van der Waals surface area contributed by atoms with Crippen LogP contribution in [0.15, 0.2) is 30.9 Å². The van der Waals surface area contributed by atoms with Crippen LogP contribution < -0.4 is 4.74 Å². The van der Waals surface area contributed by atoms with Gasteiger partial charge in [0.1, 0.15) is 0 Å². The van der Waals surface area contributed by atoms with Crippen LogP contribution >= 0.6 is 0 Å². The van der Waals surface area contributed by atoms with Crippen molar-refractivity contribution >= 4 is 0 Å². The van der Waals surface area contributed by atoms with Crippen LogP contribution in [-0.4, -0.2) is 39.1 Å². The molecular formula is C17H21N5O. The molecule has 0 N–H and O–H groups in total. The normalized spacial score (nSPS) is 18.5. The summed E-state index contributed by atoms with van der Waals surface area (Å²) in [5, 5.41) is 8.91. The van der Waals surface area contributed by atoms with Crippen LogP contribution in [0.3, 0.4) is 0 Å². The third kappa shape index (κ3) is 4.08. The summed E-state index contributed by atoms with van der Waals surface area (Å²) in [6, 6.07) is 5.48. The number of piperidine rings is 1. The van der Waals surface area contributed by atoms with Gasteiger partial charge in [0, 0.05) is 44.5 Å². The van der Waals surface area contributed by atoms with Crippen LogP contribution in [0.4, 0.5) is 0 Å². The second-order valence-electron chi connectivity index (χ2n) is 6.04. The lowest BCUT2D eigenvalue weighted by atomic mass is 9.99. The second-order valence-corrected chi connectivity index (χ2v) is 6.04. The number of ether oxygens (including phenoxy) is 1. The number of hydrogen-bond acceptors (Lipinski definition) is 5. The van der Waals surface area contributed by atoms with Crippen molar-refractivity contribution in [2.75, 3.05) is 19.7 Å². The number of aromatic nitrogens is 3. The summed E-state index contributed by atoms with van der Waals surface area (Å²) in [6.07, 6.45) is 7.73. The van der Waals surface area contributed by atoms with E-state index in [0.717, 1.165) is 19.6 Å². The number of nitriles is 1. The van der Waals surface area contributed by atoms with Gasteiger partial charge in [0.15, 0.2) is 0 Å². The molecule has 0 bridgehead atoms. The van der Waals surface area contributed by atoms with Crippen LogP contribution in [0.2, 0.25) is 0 Å². The van der Waals surface area contributed by atoms with E-state index in [1.807, 2.05) is 19.6 Å². The molecule has 2 aromatic heterocycles. The minimum atomic E-state index is 0.490. The summed E-state index contributed by atoms with van der Waals surface area (Å²) >= 11 is 0. The van der Waals surface area contributed by atoms with E-state index in [1.54, 1.807) is 18.3 Å². The minimum Gasteiger partial charge on any atom is -0.477 e. The fraction of sp³-hybridized carbons (Fsp3) is 0.471. The van der Waals surface area contributed by atoms with E-state index in [4.69, 9.17) is 10.00 Å². The van der Waals surface area contributed by atoms with Gasteiger partial charge in [0.2, 0.25) is 5.88 Å².